The first-order valence-corrected chi connectivity index (χ1v) is 6.83. The number of nitrogens with one attached hydrogen (secondary N) is 1. The maximum absolute atomic E-state index is 13.6. The van der Waals surface area contributed by atoms with Crippen molar-refractivity contribution >= 4 is 5.69 Å². The van der Waals surface area contributed by atoms with Crippen molar-refractivity contribution in [1.82, 2.24) is 5.32 Å². The normalized spacial score (nSPS) is 20.5. The molecule has 1 atom stereocenters. The van der Waals surface area contributed by atoms with E-state index in [-0.39, 0.29) is 5.82 Å². The Morgan fingerprint density at radius 3 is 2.83 bits per heavy atom. The summed E-state index contributed by atoms with van der Waals surface area (Å²) in [6.45, 7) is 8.15. The van der Waals surface area contributed by atoms with Gasteiger partial charge in [0.05, 0.1) is 0 Å². The Labute approximate surface area is 109 Å². The third kappa shape index (κ3) is 3.22. The lowest BCUT2D eigenvalue weighted by Crippen LogP contribution is -2.47. The minimum Gasteiger partial charge on any atom is -0.370 e. The summed E-state index contributed by atoms with van der Waals surface area (Å²) >= 11 is 0. The second-order valence-electron chi connectivity index (χ2n) is 5.54. The van der Waals surface area contributed by atoms with E-state index in [4.69, 9.17) is 0 Å². The van der Waals surface area contributed by atoms with Crippen LogP contribution in [0.1, 0.15) is 32.3 Å². The van der Waals surface area contributed by atoms with Gasteiger partial charge in [-0.25, -0.2) is 4.39 Å². The molecule has 0 aliphatic carbocycles. The zero-order chi connectivity index (χ0) is 13.1. The molecular weight excluding hydrogens is 227 g/mol. The number of hydrogen-bond donors (Lipinski definition) is 1. The number of aryl methyl sites for hydroxylation is 1. The number of rotatable bonds is 3. The molecule has 2 nitrogen and oxygen atoms in total. The van der Waals surface area contributed by atoms with Gasteiger partial charge in [0.2, 0.25) is 0 Å². The number of anilines is 1. The van der Waals surface area contributed by atoms with Crippen molar-refractivity contribution in [3.63, 3.8) is 0 Å². The first kappa shape index (κ1) is 13.3. The van der Waals surface area contributed by atoms with E-state index in [1.54, 1.807) is 13.0 Å². The Balaban J connectivity index is 2.05. The van der Waals surface area contributed by atoms with Gasteiger partial charge in [-0.1, -0.05) is 19.9 Å². The first-order chi connectivity index (χ1) is 8.56. The fraction of sp³-hybridized carbons (Fsp3) is 0.600. The number of piperidine rings is 1. The van der Waals surface area contributed by atoms with Gasteiger partial charge in [0, 0.05) is 30.9 Å². The van der Waals surface area contributed by atoms with Gasteiger partial charge in [0.15, 0.2) is 0 Å². The molecule has 1 aromatic rings. The van der Waals surface area contributed by atoms with E-state index in [0.29, 0.717) is 17.6 Å². The van der Waals surface area contributed by atoms with Crippen LogP contribution in [0.15, 0.2) is 18.2 Å². The molecule has 0 saturated carbocycles. The summed E-state index contributed by atoms with van der Waals surface area (Å²) in [5.41, 5.74) is 1.72. The summed E-state index contributed by atoms with van der Waals surface area (Å²) in [5, 5.41) is 3.57. The van der Waals surface area contributed by atoms with Crippen LogP contribution in [0.2, 0.25) is 0 Å². The van der Waals surface area contributed by atoms with Crippen LogP contribution in [-0.4, -0.2) is 25.2 Å². The highest BCUT2D eigenvalue weighted by atomic mass is 19.1. The molecule has 0 aromatic heterocycles. The molecule has 1 unspecified atom stereocenters. The fourth-order valence-corrected chi connectivity index (χ4v) is 2.60. The van der Waals surface area contributed by atoms with Crippen molar-refractivity contribution in [2.75, 3.05) is 18.0 Å². The Hall–Kier alpha value is -1.09. The molecule has 1 aliphatic rings. The SMILES string of the molecule is Cc1ccc(N2CCCC(NC(C)C)C2)cc1F. The van der Waals surface area contributed by atoms with Crippen LogP contribution < -0.4 is 10.2 Å². The summed E-state index contributed by atoms with van der Waals surface area (Å²) in [5.74, 6) is -0.105. The summed E-state index contributed by atoms with van der Waals surface area (Å²) in [6.07, 6.45) is 2.38. The molecule has 1 fully saturated rings. The lowest BCUT2D eigenvalue weighted by Gasteiger charge is -2.35. The van der Waals surface area contributed by atoms with Gasteiger partial charge in [0.25, 0.3) is 0 Å². The van der Waals surface area contributed by atoms with Crippen LogP contribution in [0.25, 0.3) is 0 Å². The monoisotopic (exact) mass is 250 g/mol. The van der Waals surface area contributed by atoms with Gasteiger partial charge in [-0.3, -0.25) is 0 Å². The van der Waals surface area contributed by atoms with Crippen molar-refractivity contribution in [3.05, 3.63) is 29.6 Å². The molecule has 1 saturated heterocycles. The third-order valence-electron chi connectivity index (χ3n) is 3.51. The van der Waals surface area contributed by atoms with Crippen LogP contribution in [0.5, 0.6) is 0 Å². The minimum absolute atomic E-state index is 0.105. The van der Waals surface area contributed by atoms with Crippen LogP contribution in [0, 0.1) is 12.7 Å². The lowest BCUT2D eigenvalue weighted by atomic mass is 10.0. The molecular formula is C15H23FN2. The topological polar surface area (TPSA) is 15.3 Å². The van der Waals surface area contributed by atoms with Crippen LogP contribution in [0.4, 0.5) is 10.1 Å². The maximum atomic E-state index is 13.6. The molecule has 0 bridgehead atoms. The Morgan fingerprint density at radius 2 is 2.17 bits per heavy atom. The minimum atomic E-state index is -0.105. The Kier molecular flexibility index (Phi) is 4.23. The molecule has 0 radical (unpaired) electrons. The van der Waals surface area contributed by atoms with Crippen molar-refractivity contribution in [3.8, 4) is 0 Å². The van der Waals surface area contributed by atoms with E-state index >= 15 is 0 Å². The van der Waals surface area contributed by atoms with Crippen molar-refractivity contribution in [2.45, 2.75) is 45.7 Å². The van der Waals surface area contributed by atoms with Gasteiger partial charge in [-0.05, 0) is 37.5 Å². The highest BCUT2D eigenvalue weighted by molar-refractivity contribution is 5.48. The summed E-state index contributed by atoms with van der Waals surface area (Å²) in [7, 11) is 0. The van der Waals surface area contributed by atoms with Gasteiger partial charge in [-0.2, -0.15) is 0 Å². The predicted molar refractivity (Wildman–Crippen MR) is 74.6 cm³/mol. The highest BCUT2D eigenvalue weighted by Crippen LogP contribution is 2.22. The standard InChI is InChI=1S/C15H23FN2/c1-11(2)17-13-5-4-8-18(10-13)14-7-6-12(3)15(16)9-14/h6-7,9,11,13,17H,4-5,8,10H2,1-3H3. The molecule has 3 heteroatoms. The van der Waals surface area contributed by atoms with Crippen molar-refractivity contribution < 1.29 is 4.39 Å². The van der Waals surface area contributed by atoms with E-state index < -0.39 is 0 Å². The third-order valence-corrected chi connectivity index (χ3v) is 3.51. The Morgan fingerprint density at radius 1 is 1.39 bits per heavy atom. The molecule has 18 heavy (non-hydrogen) atoms. The molecule has 1 aromatic carbocycles. The first-order valence-electron chi connectivity index (χ1n) is 6.83. The number of benzene rings is 1. The molecule has 0 spiro atoms. The van der Waals surface area contributed by atoms with Crippen molar-refractivity contribution in [1.29, 1.82) is 0 Å². The Bertz CT molecular complexity index is 403. The smallest absolute Gasteiger partial charge is 0.128 e. The van der Waals surface area contributed by atoms with E-state index in [9.17, 15) is 4.39 Å². The van der Waals surface area contributed by atoms with Gasteiger partial charge < -0.3 is 10.2 Å². The van der Waals surface area contributed by atoms with E-state index in [1.165, 1.54) is 12.8 Å². The lowest BCUT2D eigenvalue weighted by molar-refractivity contribution is 0.394. The molecule has 2 rings (SSSR count). The fourth-order valence-electron chi connectivity index (χ4n) is 2.60. The second-order valence-corrected chi connectivity index (χ2v) is 5.54. The average molecular weight is 250 g/mol. The van der Waals surface area contributed by atoms with E-state index in [1.807, 2.05) is 12.1 Å². The number of nitrogens with zero attached hydrogens (tertiary/aromatic N) is 1. The zero-order valence-electron chi connectivity index (χ0n) is 11.5. The average Bonchev–Trinajstić information content (AvgIpc) is 2.32. The molecule has 1 heterocycles. The molecule has 0 amide bonds. The second kappa shape index (κ2) is 5.70. The van der Waals surface area contributed by atoms with Crippen LogP contribution >= 0.6 is 0 Å². The van der Waals surface area contributed by atoms with Crippen molar-refractivity contribution in [2.24, 2.45) is 0 Å². The quantitative estimate of drug-likeness (QED) is 0.886. The highest BCUT2D eigenvalue weighted by Gasteiger charge is 2.20. The number of hydrogen-bond acceptors (Lipinski definition) is 2. The summed E-state index contributed by atoms with van der Waals surface area (Å²) in [4.78, 5) is 2.28. The van der Waals surface area contributed by atoms with Crippen LogP contribution in [0.3, 0.4) is 0 Å². The van der Waals surface area contributed by atoms with Gasteiger partial charge in [-0.15, -0.1) is 0 Å². The predicted octanol–water partition coefficient (Wildman–Crippen LogP) is 3.10. The summed E-state index contributed by atoms with van der Waals surface area (Å²) in [6, 6.07) is 6.57. The van der Waals surface area contributed by atoms with Gasteiger partial charge >= 0.3 is 0 Å². The molecule has 1 N–H and O–H groups in total. The van der Waals surface area contributed by atoms with Crippen LogP contribution in [-0.2, 0) is 0 Å². The van der Waals surface area contributed by atoms with E-state index in [2.05, 4.69) is 24.1 Å². The molecule has 1 aliphatic heterocycles. The van der Waals surface area contributed by atoms with Gasteiger partial charge in [0.1, 0.15) is 5.82 Å². The summed E-state index contributed by atoms with van der Waals surface area (Å²) < 4.78 is 13.6. The zero-order valence-corrected chi connectivity index (χ0v) is 11.5. The van der Waals surface area contributed by atoms with E-state index in [0.717, 1.165) is 18.8 Å². The molecule has 100 valence electrons. The number of halogens is 1. The largest absolute Gasteiger partial charge is 0.370 e. The maximum Gasteiger partial charge on any atom is 0.128 e.